The molecule has 34 heavy (non-hydrogen) atoms. The second kappa shape index (κ2) is 11.1. The number of carbonyl (C=O) groups is 3. The third-order valence-corrected chi connectivity index (χ3v) is 5.09. The Kier molecular flexibility index (Phi) is 8.73. The molecule has 0 heterocycles. The number of esters is 1. The first-order valence-corrected chi connectivity index (χ1v) is 11.0. The molecule has 0 saturated heterocycles. The van der Waals surface area contributed by atoms with E-state index in [2.05, 4.69) is 34.3 Å². The first-order chi connectivity index (χ1) is 15.9. The Morgan fingerprint density at radius 2 is 1.76 bits per heavy atom. The summed E-state index contributed by atoms with van der Waals surface area (Å²) < 4.78 is 10.1. The van der Waals surface area contributed by atoms with Gasteiger partial charge in [-0.2, -0.15) is 0 Å². The van der Waals surface area contributed by atoms with Crippen LogP contribution < -0.4 is 10.6 Å². The van der Waals surface area contributed by atoms with Gasteiger partial charge in [0.1, 0.15) is 11.6 Å². The highest BCUT2D eigenvalue weighted by molar-refractivity contribution is 5.97. The van der Waals surface area contributed by atoms with E-state index in [0.29, 0.717) is 11.1 Å². The number of hydrogen-bond acceptors (Lipinski definition) is 6. The highest BCUT2D eigenvalue weighted by Gasteiger charge is 2.40. The number of aliphatic hydroxyl groups excluding tert-OH is 1. The molecule has 1 saturated carbocycles. The predicted octanol–water partition coefficient (Wildman–Crippen LogP) is 2.24. The number of amides is 2. The van der Waals surface area contributed by atoms with Gasteiger partial charge in [-0.15, -0.1) is 0 Å². The molecule has 1 aromatic rings. The van der Waals surface area contributed by atoms with Crippen LogP contribution in [0.5, 0.6) is 0 Å². The van der Waals surface area contributed by atoms with Crippen LogP contribution in [-0.2, 0) is 14.3 Å². The summed E-state index contributed by atoms with van der Waals surface area (Å²) in [5, 5.41) is 14.3. The average Bonchev–Trinajstić information content (AvgIpc) is 3.51. The summed E-state index contributed by atoms with van der Waals surface area (Å²) in [6.45, 7) is 8.49. The number of ether oxygens (including phenoxy) is 2. The Hall–Kier alpha value is -3.49. The van der Waals surface area contributed by atoms with Crippen molar-refractivity contribution in [2.45, 2.75) is 58.2 Å². The Labute approximate surface area is 200 Å². The van der Waals surface area contributed by atoms with E-state index in [4.69, 9.17) is 14.6 Å². The molecule has 1 aliphatic rings. The van der Waals surface area contributed by atoms with Gasteiger partial charge in [0.25, 0.3) is 5.91 Å². The van der Waals surface area contributed by atoms with Crippen molar-refractivity contribution in [1.29, 1.82) is 0 Å². The van der Waals surface area contributed by atoms with Gasteiger partial charge in [-0.1, -0.05) is 11.8 Å². The van der Waals surface area contributed by atoms with Gasteiger partial charge in [-0.3, -0.25) is 4.79 Å². The molecular formula is C26H32N2O6. The van der Waals surface area contributed by atoms with Crippen molar-refractivity contribution in [3.8, 4) is 23.7 Å². The maximum Gasteiger partial charge on any atom is 0.408 e. The molecule has 182 valence electrons. The molecule has 2 unspecified atom stereocenters. The summed E-state index contributed by atoms with van der Waals surface area (Å²) in [5.74, 6) is 10.7. The quantitative estimate of drug-likeness (QED) is 0.436. The maximum absolute atomic E-state index is 12.8. The van der Waals surface area contributed by atoms with Crippen LogP contribution in [0.25, 0.3) is 0 Å². The van der Waals surface area contributed by atoms with Crippen LogP contribution in [0.2, 0.25) is 0 Å². The number of carbonyl (C=O) groups excluding carboxylic acids is 3. The van der Waals surface area contributed by atoms with Crippen LogP contribution in [0.1, 0.15) is 57.0 Å². The molecule has 1 fully saturated rings. The summed E-state index contributed by atoms with van der Waals surface area (Å²) in [6.07, 6.45) is 0.186. The van der Waals surface area contributed by atoms with Crippen LogP contribution in [0.3, 0.4) is 0 Å². The molecule has 2 amide bonds. The van der Waals surface area contributed by atoms with Gasteiger partial charge in [0.15, 0.2) is 0 Å². The fourth-order valence-electron chi connectivity index (χ4n) is 3.07. The van der Waals surface area contributed by atoms with Crippen LogP contribution >= 0.6 is 0 Å². The number of hydrogen-bond donors (Lipinski definition) is 3. The van der Waals surface area contributed by atoms with Crippen LogP contribution in [0, 0.1) is 35.5 Å². The second-order valence-electron chi connectivity index (χ2n) is 9.66. The van der Waals surface area contributed by atoms with E-state index in [1.165, 1.54) is 7.11 Å². The van der Waals surface area contributed by atoms with Gasteiger partial charge in [0.05, 0.1) is 12.6 Å². The molecule has 0 bridgehead atoms. The molecule has 8 heteroatoms. The van der Waals surface area contributed by atoms with Gasteiger partial charge >= 0.3 is 12.1 Å². The van der Waals surface area contributed by atoms with Gasteiger partial charge in [-0.25, -0.2) is 9.59 Å². The molecule has 3 atom stereocenters. The van der Waals surface area contributed by atoms with Crippen molar-refractivity contribution in [2.24, 2.45) is 11.8 Å². The first-order valence-electron chi connectivity index (χ1n) is 11.0. The first kappa shape index (κ1) is 26.8. The average molecular weight is 469 g/mol. The fraction of sp³-hybridized carbons (Fsp3) is 0.500. The third-order valence-electron chi connectivity index (χ3n) is 5.09. The number of alkyl carbamates (subject to hydrolysis) is 1. The topological polar surface area (TPSA) is 114 Å². The lowest BCUT2D eigenvalue weighted by molar-refractivity contribution is -0.144. The Morgan fingerprint density at radius 3 is 2.29 bits per heavy atom. The summed E-state index contributed by atoms with van der Waals surface area (Å²) >= 11 is 0. The molecule has 0 aliphatic heterocycles. The van der Waals surface area contributed by atoms with Crippen molar-refractivity contribution < 1.29 is 29.0 Å². The Bertz CT molecular complexity index is 1030. The summed E-state index contributed by atoms with van der Waals surface area (Å²) in [4.78, 5) is 37.5. The molecule has 2 rings (SSSR count). The van der Waals surface area contributed by atoms with E-state index in [0.717, 1.165) is 6.42 Å². The normalized spacial score (nSPS) is 17.6. The van der Waals surface area contributed by atoms with E-state index in [9.17, 15) is 14.4 Å². The third kappa shape index (κ3) is 8.13. The largest absolute Gasteiger partial charge is 0.467 e. The summed E-state index contributed by atoms with van der Waals surface area (Å²) in [7, 11) is 1.20. The number of benzene rings is 1. The number of aliphatic hydroxyl groups is 1. The summed E-state index contributed by atoms with van der Waals surface area (Å²) in [6, 6.07) is 5.34. The van der Waals surface area contributed by atoms with Crippen molar-refractivity contribution in [3.05, 3.63) is 35.4 Å². The van der Waals surface area contributed by atoms with Crippen LogP contribution in [-0.4, -0.2) is 54.0 Å². The van der Waals surface area contributed by atoms with Crippen LogP contribution in [0.4, 0.5) is 4.79 Å². The van der Waals surface area contributed by atoms with Gasteiger partial charge in [-0.05, 0) is 83.1 Å². The number of methoxy groups -OCH3 is 1. The lowest BCUT2D eigenvalue weighted by Crippen LogP contribution is -2.62. The molecule has 1 aromatic carbocycles. The van der Waals surface area contributed by atoms with Crippen molar-refractivity contribution in [1.82, 2.24) is 10.6 Å². The van der Waals surface area contributed by atoms with E-state index in [1.54, 1.807) is 58.9 Å². The zero-order chi connectivity index (χ0) is 25.5. The summed E-state index contributed by atoms with van der Waals surface area (Å²) in [5.41, 5.74) is -0.939. The van der Waals surface area contributed by atoms with Gasteiger partial charge in [0.2, 0.25) is 0 Å². The molecule has 0 radical (unpaired) electrons. The second-order valence-corrected chi connectivity index (χ2v) is 9.66. The van der Waals surface area contributed by atoms with Crippen molar-refractivity contribution >= 4 is 18.0 Å². The fourth-order valence-corrected chi connectivity index (χ4v) is 3.07. The molecule has 0 spiro atoms. The Morgan fingerprint density at radius 1 is 1.12 bits per heavy atom. The van der Waals surface area contributed by atoms with E-state index < -0.39 is 35.2 Å². The van der Waals surface area contributed by atoms with Gasteiger partial charge < -0.3 is 25.2 Å². The van der Waals surface area contributed by atoms with Crippen molar-refractivity contribution in [3.63, 3.8) is 0 Å². The lowest BCUT2D eigenvalue weighted by atomic mass is 9.94. The predicted molar refractivity (Wildman–Crippen MR) is 126 cm³/mol. The van der Waals surface area contributed by atoms with E-state index in [-0.39, 0.29) is 18.4 Å². The monoisotopic (exact) mass is 468 g/mol. The maximum atomic E-state index is 12.8. The van der Waals surface area contributed by atoms with E-state index >= 15 is 0 Å². The highest BCUT2D eigenvalue weighted by Crippen LogP contribution is 2.36. The molecule has 0 aromatic heterocycles. The molecule has 8 nitrogen and oxygen atoms in total. The molecule has 1 aliphatic carbocycles. The minimum absolute atomic E-state index is 0.154. The zero-order valence-electron chi connectivity index (χ0n) is 20.4. The van der Waals surface area contributed by atoms with Gasteiger partial charge in [0, 0.05) is 23.7 Å². The zero-order valence-corrected chi connectivity index (χ0v) is 20.4. The minimum atomic E-state index is -1.20. The SMILES string of the molecule is COC(=O)[C@@H](NC(=O)c1ccc(C#CC#CC2CC2CO)cc1)C(C)(C)NC(=O)OC(C)(C)C. The standard InChI is InChI=1S/C26H32N2O6/c1-25(2,3)34-24(32)28-26(4,5)21(23(31)33-6)27-22(30)18-13-11-17(12-14-18)9-7-8-10-19-15-20(19)16-29/h11-14,19-21,29H,15-16H2,1-6H3,(H,27,30)(H,28,32)/t19?,20?,21-/m1/s1. The van der Waals surface area contributed by atoms with E-state index in [1.807, 2.05) is 0 Å². The smallest absolute Gasteiger partial charge is 0.408 e. The Balaban J connectivity index is 2.06. The molecular weight excluding hydrogens is 436 g/mol. The number of rotatable bonds is 6. The van der Waals surface area contributed by atoms with Crippen molar-refractivity contribution in [2.75, 3.05) is 13.7 Å². The minimum Gasteiger partial charge on any atom is -0.467 e. The number of nitrogens with one attached hydrogen (secondary N) is 2. The highest BCUT2D eigenvalue weighted by atomic mass is 16.6. The van der Waals surface area contributed by atoms with Crippen LogP contribution in [0.15, 0.2) is 24.3 Å². The lowest BCUT2D eigenvalue weighted by Gasteiger charge is -2.34. The molecule has 3 N–H and O–H groups in total.